The smallest absolute Gasteiger partial charge is 0.287 e. The third-order valence-electron chi connectivity index (χ3n) is 9.24. The predicted octanol–water partition coefficient (Wildman–Crippen LogP) is 3.15. The molecule has 2 aromatic heterocycles. The van der Waals surface area contributed by atoms with Gasteiger partial charge in [-0.15, -0.1) is 0 Å². The molecule has 11 nitrogen and oxygen atoms in total. The Morgan fingerprint density at radius 1 is 1.12 bits per heavy atom. The molecule has 41 heavy (non-hydrogen) atoms. The lowest BCUT2D eigenvalue weighted by Crippen LogP contribution is -2.46. The van der Waals surface area contributed by atoms with Crippen molar-refractivity contribution in [3.8, 4) is 0 Å². The van der Waals surface area contributed by atoms with Gasteiger partial charge in [0.05, 0.1) is 0 Å². The molecule has 0 spiro atoms. The minimum Gasteiger partial charge on any atom is -0.350 e. The number of anilines is 1. The Morgan fingerprint density at radius 2 is 1.85 bits per heavy atom. The summed E-state index contributed by atoms with van der Waals surface area (Å²) in [5, 5.41) is 11.8. The van der Waals surface area contributed by atoms with Gasteiger partial charge in [0.1, 0.15) is 17.4 Å². The van der Waals surface area contributed by atoms with Crippen LogP contribution in [0.15, 0.2) is 35.4 Å². The first-order valence-corrected chi connectivity index (χ1v) is 14.8. The molecule has 6 rings (SSSR count). The molecule has 2 heterocycles. The molecular formula is C30H46N6O5. The van der Waals surface area contributed by atoms with Crippen molar-refractivity contribution in [1.29, 1.82) is 0 Å². The van der Waals surface area contributed by atoms with E-state index in [1.165, 1.54) is 42.6 Å². The molecule has 0 aliphatic heterocycles. The summed E-state index contributed by atoms with van der Waals surface area (Å²) in [6.45, 7) is 2.64. The van der Waals surface area contributed by atoms with E-state index in [4.69, 9.17) is 0 Å². The zero-order chi connectivity index (χ0) is 29.1. The maximum absolute atomic E-state index is 13.6. The number of pyridine rings is 1. The minimum atomic E-state index is -1.16. The SMILES string of the molecule is CCNC(=O)C(=O)CC[C@H](NC(=O)c1ccnn1C)C(=O)Nc1cccn(CC23CCC4CC(CC(C4)C2)C3)c1=O.[HH].[HH].[HH]. The second-order valence-corrected chi connectivity index (χ2v) is 12.3. The summed E-state index contributed by atoms with van der Waals surface area (Å²) in [5.41, 5.74) is 0.175. The van der Waals surface area contributed by atoms with Gasteiger partial charge >= 0.3 is 0 Å². The summed E-state index contributed by atoms with van der Waals surface area (Å²) in [6, 6.07) is 3.66. The topological polar surface area (TPSA) is 144 Å². The molecule has 3 amide bonds. The standard InChI is InChI=1S/C30H40N6O5.3H2/c1-3-31-28(40)25(37)7-6-22(33-27(39)24-9-11-32-35(24)2)26(38)34-23-5-4-12-36(29(23)41)18-30-10-8-19-13-20(16-30)15-21(14-19)17-30;;;/h4-5,9,11-12,19-22H,3,6-8,10,13-18H2,1-2H3,(H,31,40)(H,33,39)(H,34,38);3*1H/t19?,20?,21?,22-,30?;;;/m0.../s1. The monoisotopic (exact) mass is 570 g/mol. The molecule has 0 saturated heterocycles. The van der Waals surface area contributed by atoms with Crippen LogP contribution in [0.4, 0.5) is 5.69 Å². The zero-order valence-electron chi connectivity index (χ0n) is 23.9. The maximum Gasteiger partial charge on any atom is 0.287 e. The van der Waals surface area contributed by atoms with Crippen LogP contribution in [0.25, 0.3) is 0 Å². The van der Waals surface area contributed by atoms with Crippen LogP contribution in [0.5, 0.6) is 0 Å². The molecule has 2 aromatic rings. The largest absolute Gasteiger partial charge is 0.350 e. The Hall–Kier alpha value is -3.76. The molecule has 0 aromatic carbocycles. The Morgan fingerprint density at radius 3 is 2.54 bits per heavy atom. The molecule has 226 valence electrons. The highest BCUT2D eigenvalue weighted by atomic mass is 16.2. The average Bonchev–Trinajstić information content (AvgIpc) is 3.27. The lowest BCUT2D eigenvalue weighted by atomic mass is 9.61. The summed E-state index contributed by atoms with van der Waals surface area (Å²) >= 11 is 0. The van der Waals surface area contributed by atoms with Crippen LogP contribution in [0.1, 0.15) is 79.5 Å². The van der Waals surface area contributed by atoms with Gasteiger partial charge in [0.2, 0.25) is 11.7 Å². The van der Waals surface area contributed by atoms with Crippen LogP contribution in [0, 0.1) is 23.2 Å². The number of aromatic nitrogens is 3. The first-order chi connectivity index (χ1) is 19.7. The average molecular weight is 571 g/mol. The summed E-state index contributed by atoms with van der Waals surface area (Å²) in [5.74, 6) is -0.296. The number of hydrogen-bond donors (Lipinski definition) is 3. The molecule has 2 unspecified atom stereocenters. The predicted molar refractivity (Wildman–Crippen MR) is 158 cm³/mol. The third-order valence-corrected chi connectivity index (χ3v) is 9.24. The number of fused-ring (bicyclic) bond motifs is 1. The van der Waals surface area contributed by atoms with Crippen molar-refractivity contribution in [2.45, 2.75) is 77.3 Å². The van der Waals surface area contributed by atoms with Crippen molar-refractivity contribution in [2.24, 2.45) is 30.2 Å². The van der Waals surface area contributed by atoms with E-state index < -0.39 is 29.5 Å². The molecule has 11 heteroatoms. The second kappa shape index (κ2) is 12.0. The Labute approximate surface area is 243 Å². The van der Waals surface area contributed by atoms with Gasteiger partial charge in [-0.2, -0.15) is 5.10 Å². The summed E-state index contributed by atoms with van der Waals surface area (Å²) in [7, 11) is 1.60. The van der Waals surface area contributed by atoms with Crippen LogP contribution in [0.3, 0.4) is 0 Å². The fourth-order valence-corrected chi connectivity index (χ4v) is 7.59. The minimum absolute atomic E-state index is 0. The van der Waals surface area contributed by atoms with Crippen LogP contribution >= 0.6 is 0 Å². The third kappa shape index (κ3) is 6.44. The lowest BCUT2D eigenvalue weighted by Gasteiger charge is -2.45. The molecule has 4 bridgehead atoms. The van der Waals surface area contributed by atoms with Gasteiger partial charge < -0.3 is 20.5 Å². The van der Waals surface area contributed by atoms with Gasteiger partial charge in [-0.1, -0.05) is 0 Å². The first kappa shape index (κ1) is 28.8. The molecule has 4 aliphatic carbocycles. The van der Waals surface area contributed by atoms with E-state index >= 15 is 0 Å². The van der Waals surface area contributed by atoms with Gasteiger partial charge in [-0.05, 0) is 99.7 Å². The van der Waals surface area contributed by atoms with E-state index in [0.29, 0.717) is 13.1 Å². The number of amides is 3. The molecular weight excluding hydrogens is 524 g/mol. The first-order valence-electron chi connectivity index (χ1n) is 14.8. The number of rotatable bonds is 11. The Kier molecular flexibility index (Phi) is 8.42. The van der Waals surface area contributed by atoms with Crippen LogP contribution in [-0.4, -0.2) is 50.4 Å². The summed E-state index contributed by atoms with van der Waals surface area (Å²) < 4.78 is 3.09. The van der Waals surface area contributed by atoms with Crippen LogP contribution in [-0.2, 0) is 28.0 Å². The highest BCUT2D eigenvalue weighted by molar-refractivity contribution is 6.36. The number of nitrogens with one attached hydrogen (secondary N) is 3. The number of hydrogen-bond acceptors (Lipinski definition) is 6. The number of aryl methyl sites for hydroxylation is 1. The van der Waals surface area contributed by atoms with Gasteiger partial charge in [0.15, 0.2) is 0 Å². The van der Waals surface area contributed by atoms with Crippen LogP contribution in [0.2, 0.25) is 0 Å². The van der Waals surface area contributed by atoms with E-state index in [0.717, 1.165) is 37.0 Å². The quantitative estimate of drug-likeness (QED) is 0.354. The molecule has 4 aliphatic rings. The number of ketones is 1. The van der Waals surface area contributed by atoms with Gasteiger partial charge in [0, 0.05) is 43.2 Å². The van der Waals surface area contributed by atoms with Gasteiger partial charge in [0.25, 0.3) is 17.4 Å². The number of nitrogens with zero attached hydrogens (tertiary/aromatic N) is 3. The van der Waals surface area contributed by atoms with E-state index in [-0.39, 0.29) is 39.5 Å². The number of likely N-dealkylation sites (N-methyl/N-ethyl adjacent to an activating group) is 1. The molecule has 3 N–H and O–H groups in total. The Balaban J connectivity index is 0.00000225. The van der Waals surface area contributed by atoms with Crippen molar-refractivity contribution in [3.63, 3.8) is 0 Å². The highest BCUT2D eigenvalue weighted by Gasteiger charge is 2.47. The normalized spacial score (nSPS) is 25.3. The van der Waals surface area contributed by atoms with Crippen molar-refractivity contribution in [2.75, 3.05) is 11.9 Å². The van der Waals surface area contributed by atoms with Crippen molar-refractivity contribution in [1.82, 2.24) is 25.0 Å². The molecule has 3 atom stereocenters. The second-order valence-electron chi connectivity index (χ2n) is 12.3. The van der Waals surface area contributed by atoms with Crippen LogP contribution < -0.4 is 21.5 Å². The van der Waals surface area contributed by atoms with Crippen molar-refractivity contribution >= 4 is 29.2 Å². The summed E-state index contributed by atoms with van der Waals surface area (Å²) in [6.07, 6.45) is 11.5. The zero-order valence-corrected chi connectivity index (χ0v) is 23.9. The molecule has 4 saturated carbocycles. The fourth-order valence-electron chi connectivity index (χ4n) is 7.59. The van der Waals surface area contributed by atoms with Crippen molar-refractivity contribution in [3.05, 3.63) is 46.6 Å². The number of Topliss-reactive ketones (excluding diaryl/α,β-unsaturated/α-hetero) is 1. The summed E-state index contributed by atoms with van der Waals surface area (Å²) in [4.78, 5) is 64.1. The number of carbonyl (C=O) groups is 4. The van der Waals surface area contributed by atoms with E-state index in [2.05, 4.69) is 21.0 Å². The van der Waals surface area contributed by atoms with Gasteiger partial charge in [-0.3, -0.25) is 28.7 Å². The van der Waals surface area contributed by atoms with E-state index in [1.54, 1.807) is 36.9 Å². The molecule has 0 radical (unpaired) electrons. The maximum atomic E-state index is 13.6. The molecule has 4 fully saturated rings. The van der Waals surface area contributed by atoms with E-state index in [1.807, 2.05) is 0 Å². The number of carbonyl (C=O) groups excluding carboxylic acids is 4. The van der Waals surface area contributed by atoms with Gasteiger partial charge in [-0.25, -0.2) is 0 Å². The fraction of sp³-hybridized carbons (Fsp3) is 0.600. The van der Waals surface area contributed by atoms with E-state index in [9.17, 15) is 24.0 Å². The lowest BCUT2D eigenvalue weighted by molar-refractivity contribution is -0.138. The van der Waals surface area contributed by atoms with Crippen molar-refractivity contribution < 1.29 is 23.5 Å². The highest BCUT2D eigenvalue weighted by Crippen LogP contribution is 2.57. The Bertz CT molecular complexity index is 1380.